The zero-order valence-corrected chi connectivity index (χ0v) is 15.4. The first kappa shape index (κ1) is 15.2. The largest absolute Gasteiger partial charge is 0.226 e. The molecule has 118 valence electrons. The molecule has 1 unspecified atom stereocenters. The molecular formula is C19H20N2S2. The van der Waals surface area contributed by atoms with Crippen molar-refractivity contribution in [2.24, 2.45) is 5.92 Å². The quantitative estimate of drug-likeness (QED) is 0.569. The maximum Gasteiger partial charge on any atom is 0.128 e. The summed E-state index contributed by atoms with van der Waals surface area (Å²) in [5, 5.41) is 2.44. The summed E-state index contributed by atoms with van der Waals surface area (Å²) in [5.74, 6) is 1.66. The van der Waals surface area contributed by atoms with Crippen LogP contribution in [-0.2, 0) is 12.8 Å². The van der Waals surface area contributed by atoms with Gasteiger partial charge < -0.3 is 0 Å². The van der Waals surface area contributed by atoms with Crippen LogP contribution in [0.2, 0.25) is 0 Å². The predicted molar refractivity (Wildman–Crippen MR) is 98.6 cm³/mol. The summed E-state index contributed by atoms with van der Waals surface area (Å²) >= 11 is 3.65. The van der Waals surface area contributed by atoms with Crippen molar-refractivity contribution >= 4 is 33.3 Å². The first-order chi connectivity index (χ1) is 11.1. The molecule has 4 heteroatoms. The molecule has 0 bridgehead atoms. The molecule has 0 spiro atoms. The third kappa shape index (κ3) is 2.90. The lowest BCUT2D eigenvalue weighted by atomic mass is 9.89. The van der Waals surface area contributed by atoms with Crippen LogP contribution in [0.15, 0.2) is 34.2 Å². The molecule has 0 aliphatic heterocycles. The molecule has 0 amide bonds. The van der Waals surface area contributed by atoms with Crippen molar-refractivity contribution < 1.29 is 0 Å². The number of nitrogens with zero attached hydrogens (tertiary/aromatic N) is 2. The van der Waals surface area contributed by atoms with Gasteiger partial charge in [-0.15, -0.1) is 11.3 Å². The van der Waals surface area contributed by atoms with Crippen LogP contribution in [0.5, 0.6) is 0 Å². The van der Waals surface area contributed by atoms with E-state index in [1.807, 2.05) is 18.3 Å². The van der Waals surface area contributed by atoms with Crippen molar-refractivity contribution in [2.45, 2.75) is 50.0 Å². The molecule has 2 aromatic heterocycles. The average Bonchev–Trinajstić information content (AvgIpc) is 2.86. The van der Waals surface area contributed by atoms with Crippen LogP contribution in [0.1, 0.15) is 35.2 Å². The van der Waals surface area contributed by atoms with Crippen LogP contribution in [0.4, 0.5) is 0 Å². The minimum atomic E-state index is 0.790. The van der Waals surface area contributed by atoms with Gasteiger partial charge in [0.15, 0.2) is 0 Å². The highest BCUT2D eigenvalue weighted by Crippen LogP contribution is 2.42. The van der Waals surface area contributed by atoms with Crippen LogP contribution in [0, 0.1) is 19.8 Å². The standard InChI is InChI=1S/C19H20N2S2/c1-11-4-7-14(8-5-11)22-18-17-15-9-6-12(2)10-16(15)23-19(17)21-13(3)20-18/h4-5,7-8,12H,6,9-10H2,1-3H3. The maximum atomic E-state index is 4.78. The van der Waals surface area contributed by atoms with E-state index in [-0.39, 0.29) is 0 Å². The summed E-state index contributed by atoms with van der Waals surface area (Å²) < 4.78 is 0. The highest BCUT2D eigenvalue weighted by molar-refractivity contribution is 7.99. The lowest BCUT2D eigenvalue weighted by Crippen LogP contribution is -2.08. The van der Waals surface area contributed by atoms with Crippen LogP contribution in [0.25, 0.3) is 10.2 Å². The summed E-state index contributed by atoms with van der Waals surface area (Å²) in [7, 11) is 0. The molecule has 23 heavy (non-hydrogen) atoms. The second kappa shape index (κ2) is 5.91. The van der Waals surface area contributed by atoms with Gasteiger partial charge in [0.25, 0.3) is 0 Å². The first-order valence-corrected chi connectivity index (χ1v) is 9.77. The molecule has 1 aromatic carbocycles. The fourth-order valence-electron chi connectivity index (χ4n) is 3.20. The Morgan fingerprint density at radius 1 is 1.13 bits per heavy atom. The molecular weight excluding hydrogens is 320 g/mol. The van der Waals surface area contributed by atoms with Crippen LogP contribution >= 0.6 is 23.1 Å². The Labute approximate surface area is 145 Å². The van der Waals surface area contributed by atoms with Crippen molar-refractivity contribution in [2.75, 3.05) is 0 Å². The van der Waals surface area contributed by atoms with E-state index in [9.17, 15) is 0 Å². The molecule has 2 nitrogen and oxygen atoms in total. The van der Waals surface area contributed by atoms with Crippen molar-refractivity contribution in [3.05, 3.63) is 46.1 Å². The molecule has 1 aliphatic rings. The van der Waals surface area contributed by atoms with E-state index in [1.165, 1.54) is 50.4 Å². The fourth-order valence-corrected chi connectivity index (χ4v) is 5.69. The van der Waals surface area contributed by atoms with E-state index in [2.05, 4.69) is 38.1 Å². The topological polar surface area (TPSA) is 25.8 Å². The SMILES string of the molecule is Cc1ccc(Sc2nc(C)nc3sc4c(c23)CCC(C)C4)cc1. The molecule has 0 fully saturated rings. The van der Waals surface area contributed by atoms with E-state index in [1.54, 1.807) is 11.8 Å². The number of benzene rings is 1. The molecule has 4 rings (SSSR count). The molecule has 0 saturated heterocycles. The van der Waals surface area contributed by atoms with Crippen molar-refractivity contribution in [1.29, 1.82) is 0 Å². The zero-order valence-electron chi connectivity index (χ0n) is 13.7. The molecule has 0 radical (unpaired) electrons. The van der Waals surface area contributed by atoms with E-state index in [0.29, 0.717) is 0 Å². The van der Waals surface area contributed by atoms with Gasteiger partial charge in [-0.1, -0.05) is 36.4 Å². The maximum absolute atomic E-state index is 4.78. The molecule has 0 N–H and O–H groups in total. The highest BCUT2D eigenvalue weighted by Gasteiger charge is 2.23. The number of aryl methyl sites for hydroxylation is 3. The van der Waals surface area contributed by atoms with E-state index in [0.717, 1.165) is 16.8 Å². The predicted octanol–water partition coefficient (Wildman–Crippen LogP) is 5.58. The summed E-state index contributed by atoms with van der Waals surface area (Å²) in [4.78, 5) is 13.4. The van der Waals surface area contributed by atoms with E-state index >= 15 is 0 Å². The minimum absolute atomic E-state index is 0.790. The third-order valence-corrected chi connectivity index (χ3v) is 6.61. The van der Waals surface area contributed by atoms with E-state index in [4.69, 9.17) is 9.97 Å². The fraction of sp³-hybridized carbons (Fsp3) is 0.368. The molecule has 0 saturated carbocycles. The molecule has 1 aliphatic carbocycles. The lowest BCUT2D eigenvalue weighted by molar-refractivity contribution is 0.509. The van der Waals surface area contributed by atoms with Gasteiger partial charge in [-0.25, -0.2) is 9.97 Å². The van der Waals surface area contributed by atoms with Gasteiger partial charge in [-0.3, -0.25) is 0 Å². The number of hydrogen-bond acceptors (Lipinski definition) is 4. The molecule has 1 atom stereocenters. The normalized spacial score (nSPS) is 17.4. The van der Waals surface area contributed by atoms with Crippen molar-refractivity contribution in [3.8, 4) is 0 Å². The van der Waals surface area contributed by atoms with Gasteiger partial charge in [-0.2, -0.15) is 0 Å². The van der Waals surface area contributed by atoms with Gasteiger partial charge in [0, 0.05) is 15.2 Å². The van der Waals surface area contributed by atoms with Gasteiger partial charge in [0.05, 0.1) is 0 Å². The minimum Gasteiger partial charge on any atom is -0.226 e. The number of rotatable bonds is 2. The third-order valence-electron chi connectivity index (χ3n) is 4.47. The average molecular weight is 341 g/mol. The van der Waals surface area contributed by atoms with Crippen LogP contribution in [-0.4, -0.2) is 9.97 Å². The Morgan fingerprint density at radius 2 is 1.91 bits per heavy atom. The Balaban J connectivity index is 1.83. The Hall–Kier alpha value is -1.39. The summed E-state index contributed by atoms with van der Waals surface area (Å²) in [6.45, 7) is 6.48. The van der Waals surface area contributed by atoms with Crippen molar-refractivity contribution in [3.63, 3.8) is 0 Å². The van der Waals surface area contributed by atoms with Crippen LogP contribution in [0.3, 0.4) is 0 Å². The second-order valence-corrected chi connectivity index (χ2v) is 8.67. The van der Waals surface area contributed by atoms with Crippen LogP contribution < -0.4 is 0 Å². The Bertz CT molecular complexity index is 865. The number of hydrogen-bond donors (Lipinski definition) is 0. The smallest absolute Gasteiger partial charge is 0.128 e. The molecule has 3 aromatic rings. The summed E-state index contributed by atoms with van der Waals surface area (Å²) in [6.07, 6.45) is 3.65. The zero-order chi connectivity index (χ0) is 16.0. The van der Waals surface area contributed by atoms with Gasteiger partial charge in [-0.05, 0) is 56.7 Å². The van der Waals surface area contributed by atoms with Gasteiger partial charge >= 0.3 is 0 Å². The lowest BCUT2D eigenvalue weighted by Gasteiger charge is -2.18. The Kier molecular flexibility index (Phi) is 3.90. The summed E-state index contributed by atoms with van der Waals surface area (Å²) in [5.41, 5.74) is 2.80. The molecule has 2 heterocycles. The number of fused-ring (bicyclic) bond motifs is 3. The van der Waals surface area contributed by atoms with Crippen molar-refractivity contribution in [1.82, 2.24) is 9.97 Å². The summed E-state index contributed by atoms with van der Waals surface area (Å²) in [6, 6.07) is 8.70. The first-order valence-electron chi connectivity index (χ1n) is 8.13. The monoisotopic (exact) mass is 340 g/mol. The number of aromatic nitrogens is 2. The van der Waals surface area contributed by atoms with Gasteiger partial charge in [0.2, 0.25) is 0 Å². The second-order valence-electron chi connectivity index (χ2n) is 6.52. The highest BCUT2D eigenvalue weighted by atomic mass is 32.2. The van der Waals surface area contributed by atoms with E-state index < -0.39 is 0 Å². The Morgan fingerprint density at radius 3 is 2.70 bits per heavy atom. The van der Waals surface area contributed by atoms with Gasteiger partial charge in [0.1, 0.15) is 15.7 Å². The number of thiophene rings is 1.